The standard InChI is InChI=1S/C22H35N3O3/c1-17(22(26)23-19-7-5-4-6-8-19)25-13-11-24(12-14-25)16-18-9-10-20(27-2)21(15-18)28-3/h9-10,15,17,19H,4-8,11-14,16H2,1-3H3,(H,23,26)/p+2/t17-/m0/s1. The molecule has 1 saturated carbocycles. The maximum absolute atomic E-state index is 12.6. The summed E-state index contributed by atoms with van der Waals surface area (Å²) in [6.07, 6.45) is 6.13. The maximum atomic E-state index is 12.6. The minimum absolute atomic E-state index is 0.0459. The molecule has 6 nitrogen and oxygen atoms in total. The predicted molar refractivity (Wildman–Crippen MR) is 109 cm³/mol. The van der Waals surface area contributed by atoms with E-state index in [0.29, 0.717) is 6.04 Å². The van der Waals surface area contributed by atoms with Crippen molar-refractivity contribution in [1.82, 2.24) is 5.32 Å². The second kappa shape index (κ2) is 10.1. The van der Waals surface area contributed by atoms with E-state index >= 15 is 0 Å². The van der Waals surface area contributed by atoms with Crippen molar-refractivity contribution in [2.24, 2.45) is 0 Å². The van der Waals surface area contributed by atoms with Crippen LogP contribution in [0.1, 0.15) is 44.6 Å². The molecule has 0 radical (unpaired) electrons. The Hall–Kier alpha value is -1.79. The molecule has 1 aliphatic heterocycles. The third-order valence-corrected chi connectivity index (χ3v) is 6.46. The van der Waals surface area contributed by atoms with Crippen LogP contribution in [-0.4, -0.2) is 58.4 Å². The van der Waals surface area contributed by atoms with Gasteiger partial charge < -0.3 is 24.6 Å². The monoisotopic (exact) mass is 391 g/mol. The van der Waals surface area contributed by atoms with Crippen LogP contribution in [0.5, 0.6) is 11.5 Å². The molecule has 28 heavy (non-hydrogen) atoms. The lowest BCUT2D eigenvalue weighted by atomic mass is 9.95. The number of quaternary nitrogens is 2. The number of nitrogens with one attached hydrogen (secondary N) is 3. The first-order chi connectivity index (χ1) is 13.6. The lowest BCUT2D eigenvalue weighted by Gasteiger charge is -2.33. The molecule has 1 aliphatic carbocycles. The zero-order valence-electron chi connectivity index (χ0n) is 17.7. The van der Waals surface area contributed by atoms with Gasteiger partial charge in [-0.3, -0.25) is 4.79 Å². The van der Waals surface area contributed by atoms with Crippen LogP contribution in [0.2, 0.25) is 0 Å². The molecule has 1 aromatic carbocycles. The lowest BCUT2D eigenvalue weighted by molar-refractivity contribution is -1.02. The average Bonchev–Trinajstić information content (AvgIpc) is 2.74. The fourth-order valence-corrected chi connectivity index (χ4v) is 4.57. The maximum Gasteiger partial charge on any atom is 0.278 e. The van der Waals surface area contributed by atoms with E-state index in [4.69, 9.17) is 9.47 Å². The molecular formula is C22H37N3O3+2. The zero-order chi connectivity index (χ0) is 19.9. The van der Waals surface area contributed by atoms with Gasteiger partial charge in [-0.1, -0.05) is 19.3 Å². The van der Waals surface area contributed by atoms with Crippen molar-refractivity contribution < 1.29 is 24.1 Å². The van der Waals surface area contributed by atoms with E-state index in [0.717, 1.165) is 57.1 Å². The summed E-state index contributed by atoms with van der Waals surface area (Å²) in [5.74, 6) is 1.80. The topological polar surface area (TPSA) is 56.4 Å². The first-order valence-corrected chi connectivity index (χ1v) is 10.8. The van der Waals surface area contributed by atoms with Crippen molar-refractivity contribution in [1.29, 1.82) is 0 Å². The van der Waals surface area contributed by atoms with Gasteiger partial charge in [0, 0.05) is 11.6 Å². The molecule has 0 aromatic heterocycles. The van der Waals surface area contributed by atoms with Crippen molar-refractivity contribution in [2.45, 2.75) is 57.7 Å². The number of rotatable bonds is 7. The Morgan fingerprint density at radius 2 is 1.75 bits per heavy atom. The molecule has 6 heteroatoms. The number of hydrogen-bond acceptors (Lipinski definition) is 3. The molecular weight excluding hydrogens is 354 g/mol. The summed E-state index contributed by atoms with van der Waals surface area (Å²) in [5.41, 5.74) is 1.26. The first-order valence-electron chi connectivity index (χ1n) is 10.8. The van der Waals surface area contributed by atoms with E-state index in [-0.39, 0.29) is 11.9 Å². The van der Waals surface area contributed by atoms with Crippen LogP contribution in [0, 0.1) is 0 Å². The Bertz CT molecular complexity index is 638. The van der Waals surface area contributed by atoms with E-state index in [2.05, 4.69) is 24.4 Å². The number of carbonyl (C=O) groups is 1. The molecule has 0 unspecified atom stereocenters. The Balaban J connectivity index is 1.46. The van der Waals surface area contributed by atoms with Gasteiger partial charge in [0.05, 0.1) is 14.2 Å². The van der Waals surface area contributed by atoms with Gasteiger partial charge in [0.2, 0.25) is 0 Å². The molecule has 2 aliphatic rings. The van der Waals surface area contributed by atoms with Crippen LogP contribution < -0.4 is 24.6 Å². The van der Waals surface area contributed by atoms with Crippen molar-refractivity contribution >= 4 is 5.91 Å². The van der Waals surface area contributed by atoms with Gasteiger partial charge in [-0.25, -0.2) is 0 Å². The predicted octanol–water partition coefficient (Wildman–Crippen LogP) is -0.175. The van der Waals surface area contributed by atoms with Crippen LogP contribution in [0.25, 0.3) is 0 Å². The molecule has 156 valence electrons. The van der Waals surface area contributed by atoms with Gasteiger partial charge in [0.15, 0.2) is 17.5 Å². The summed E-state index contributed by atoms with van der Waals surface area (Å²) in [4.78, 5) is 15.6. The Kier molecular flexibility index (Phi) is 7.57. The van der Waals surface area contributed by atoms with E-state index < -0.39 is 0 Å². The lowest BCUT2D eigenvalue weighted by Crippen LogP contribution is -3.29. The molecule has 3 N–H and O–H groups in total. The summed E-state index contributed by atoms with van der Waals surface area (Å²) in [5, 5.41) is 3.30. The highest BCUT2D eigenvalue weighted by Crippen LogP contribution is 2.27. The first kappa shape index (κ1) is 20.9. The average molecular weight is 392 g/mol. The second-order valence-electron chi connectivity index (χ2n) is 8.34. The Morgan fingerprint density at radius 3 is 2.39 bits per heavy atom. The van der Waals surface area contributed by atoms with Crippen molar-refractivity contribution in [2.75, 3.05) is 40.4 Å². The molecule has 0 bridgehead atoms. The third-order valence-electron chi connectivity index (χ3n) is 6.46. The van der Waals surface area contributed by atoms with Gasteiger partial charge in [0.1, 0.15) is 32.7 Å². The fourth-order valence-electron chi connectivity index (χ4n) is 4.57. The molecule has 1 amide bonds. The number of benzene rings is 1. The normalized spacial score (nSPS) is 24.4. The zero-order valence-corrected chi connectivity index (χ0v) is 17.7. The van der Waals surface area contributed by atoms with Crippen LogP contribution >= 0.6 is 0 Å². The van der Waals surface area contributed by atoms with E-state index in [9.17, 15) is 4.79 Å². The second-order valence-corrected chi connectivity index (χ2v) is 8.34. The summed E-state index contributed by atoms with van der Waals surface area (Å²) in [6.45, 7) is 7.34. The Morgan fingerprint density at radius 1 is 1.07 bits per heavy atom. The number of carbonyl (C=O) groups excluding carboxylic acids is 1. The molecule has 1 saturated heterocycles. The number of hydrogen-bond donors (Lipinski definition) is 3. The van der Waals surface area contributed by atoms with E-state index in [1.807, 2.05) is 6.07 Å². The number of piperazine rings is 1. The number of methoxy groups -OCH3 is 2. The summed E-state index contributed by atoms with van der Waals surface area (Å²) >= 11 is 0. The number of amides is 1. The van der Waals surface area contributed by atoms with E-state index in [1.54, 1.807) is 19.1 Å². The minimum atomic E-state index is 0.0459. The Labute approximate surface area is 169 Å². The number of ether oxygens (including phenoxy) is 2. The molecule has 1 aromatic rings. The quantitative estimate of drug-likeness (QED) is 0.605. The largest absolute Gasteiger partial charge is 0.493 e. The summed E-state index contributed by atoms with van der Waals surface area (Å²) < 4.78 is 10.7. The van der Waals surface area contributed by atoms with Gasteiger partial charge in [-0.15, -0.1) is 0 Å². The van der Waals surface area contributed by atoms with Gasteiger partial charge in [-0.05, 0) is 38.0 Å². The van der Waals surface area contributed by atoms with Gasteiger partial charge in [0.25, 0.3) is 5.91 Å². The van der Waals surface area contributed by atoms with Crippen LogP contribution in [0.15, 0.2) is 18.2 Å². The minimum Gasteiger partial charge on any atom is -0.493 e. The highest BCUT2D eigenvalue weighted by Gasteiger charge is 2.32. The smallest absolute Gasteiger partial charge is 0.278 e. The molecule has 2 fully saturated rings. The third kappa shape index (κ3) is 5.39. The summed E-state index contributed by atoms with van der Waals surface area (Å²) in [6, 6.07) is 6.62. The van der Waals surface area contributed by atoms with Crippen LogP contribution in [-0.2, 0) is 11.3 Å². The highest BCUT2D eigenvalue weighted by molar-refractivity contribution is 5.80. The molecule has 0 spiro atoms. The van der Waals surface area contributed by atoms with Crippen LogP contribution in [0.3, 0.4) is 0 Å². The fraction of sp³-hybridized carbons (Fsp3) is 0.682. The van der Waals surface area contributed by atoms with Gasteiger partial charge >= 0.3 is 0 Å². The van der Waals surface area contributed by atoms with Crippen molar-refractivity contribution in [3.63, 3.8) is 0 Å². The van der Waals surface area contributed by atoms with Crippen LogP contribution in [0.4, 0.5) is 0 Å². The molecule has 1 heterocycles. The van der Waals surface area contributed by atoms with Crippen molar-refractivity contribution in [3.05, 3.63) is 23.8 Å². The summed E-state index contributed by atoms with van der Waals surface area (Å²) in [7, 11) is 3.34. The van der Waals surface area contributed by atoms with Gasteiger partial charge in [-0.2, -0.15) is 0 Å². The SMILES string of the molecule is COc1ccc(C[NH+]2CC[NH+]([C@@H](C)C(=O)NC3CCCCC3)CC2)cc1OC. The van der Waals surface area contributed by atoms with Crippen molar-refractivity contribution in [3.8, 4) is 11.5 Å². The molecule has 1 atom stereocenters. The highest BCUT2D eigenvalue weighted by atomic mass is 16.5. The van der Waals surface area contributed by atoms with E-state index in [1.165, 1.54) is 29.7 Å². The molecule has 3 rings (SSSR count).